The molecule has 4 nitrogen and oxygen atoms in total. The zero-order valence-corrected chi connectivity index (χ0v) is 14.4. The van der Waals surface area contributed by atoms with Crippen LogP contribution in [0.1, 0.15) is 23.1 Å². The van der Waals surface area contributed by atoms with E-state index < -0.39 is 0 Å². The van der Waals surface area contributed by atoms with Gasteiger partial charge in [0.2, 0.25) is 0 Å². The predicted molar refractivity (Wildman–Crippen MR) is 96.3 cm³/mol. The van der Waals surface area contributed by atoms with Crippen molar-refractivity contribution >= 4 is 17.3 Å². The molecule has 3 heterocycles. The topological polar surface area (TPSA) is 39.6 Å². The van der Waals surface area contributed by atoms with E-state index in [0.717, 1.165) is 50.6 Å². The first-order valence-electron chi connectivity index (χ1n) is 8.54. The van der Waals surface area contributed by atoms with Crippen LogP contribution in [-0.2, 0) is 19.5 Å². The SMILES string of the molecule is OC1CCN(Cc2cncc(N3CCc4cc(Cl)ccc4C3)c2)C1. The van der Waals surface area contributed by atoms with Gasteiger partial charge in [-0.05, 0) is 47.7 Å². The lowest BCUT2D eigenvalue weighted by Crippen LogP contribution is -2.30. The van der Waals surface area contributed by atoms with Crippen LogP contribution in [0.4, 0.5) is 5.69 Å². The summed E-state index contributed by atoms with van der Waals surface area (Å²) in [5.74, 6) is 0. The number of β-amino-alcohol motifs (C(OH)–C–C–N with tert-alkyl or cyclic N) is 1. The van der Waals surface area contributed by atoms with Crippen LogP contribution < -0.4 is 4.90 Å². The van der Waals surface area contributed by atoms with Crippen molar-refractivity contribution < 1.29 is 5.11 Å². The third-order valence-corrected chi connectivity index (χ3v) is 5.21. The van der Waals surface area contributed by atoms with E-state index in [1.54, 1.807) is 0 Å². The van der Waals surface area contributed by atoms with Crippen LogP contribution in [-0.4, -0.2) is 40.7 Å². The maximum Gasteiger partial charge on any atom is 0.0679 e. The summed E-state index contributed by atoms with van der Waals surface area (Å²) in [4.78, 5) is 9.11. The zero-order chi connectivity index (χ0) is 16.5. The molecule has 0 saturated carbocycles. The standard InChI is InChI=1S/C19H22ClN3O/c20-17-2-1-16-12-23(6-3-15(16)8-17)18-7-14(9-21-10-18)11-22-5-4-19(24)13-22/h1-2,7-10,19,24H,3-6,11-13H2. The van der Waals surface area contributed by atoms with Gasteiger partial charge < -0.3 is 10.0 Å². The van der Waals surface area contributed by atoms with Crippen molar-refractivity contribution in [2.45, 2.75) is 32.0 Å². The van der Waals surface area contributed by atoms with Crippen molar-refractivity contribution in [3.63, 3.8) is 0 Å². The molecule has 24 heavy (non-hydrogen) atoms. The average Bonchev–Trinajstić information content (AvgIpc) is 2.99. The Hall–Kier alpha value is -1.62. The molecule has 0 spiro atoms. The molecule has 2 aliphatic rings. The largest absolute Gasteiger partial charge is 0.392 e. The number of hydrogen-bond acceptors (Lipinski definition) is 4. The third-order valence-electron chi connectivity index (χ3n) is 4.98. The number of benzene rings is 1. The summed E-state index contributed by atoms with van der Waals surface area (Å²) in [7, 11) is 0. The smallest absolute Gasteiger partial charge is 0.0679 e. The fourth-order valence-electron chi connectivity index (χ4n) is 3.69. The number of likely N-dealkylation sites (tertiary alicyclic amines) is 1. The van der Waals surface area contributed by atoms with Crippen LogP contribution in [0.25, 0.3) is 0 Å². The highest BCUT2D eigenvalue weighted by Crippen LogP contribution is 2.27. The van der Waals surface area contributed by atoms with E-state index in [4.69, 9.17) is 11.6 Å². The minimum atomic E-state index is -0.174. The minimum Gasteiger partial charge on any atom is -0.392 e. The van der Waals surface area contributed by atoms with Crippen molar-refractivity contribution in [1.82, 2.24) is 9.88 Å². The Morgan fingerprint density at radius 2 is 2.08 bits per heavy atom. The zero-order valence-electron chi connectivity index (χ0n) is 13.7. The van der Waals surface area contributed by atoms with Crippen LogP contribution >= 0.6 is 11.6 Å². The summed E-state index contributed by atoms with van der Waals surface area (Å²) < 4.78 is 0. The van der Waals surface area contributed by atoms with Crippen LogP contribution in [0, 0.1) is 0 Å². The number of aliphatic hydroxyl groups is 1. The summed E-state index contributed by atoms with van der Waals surface area (Å²) in [5, 5.41) is 10.5. The normalized spacial score (nSPS) is 21.1. The fourth-order valence-corrected chi connectivity index (χ4v) is 3.88. The lowest BCUT2D eigenvalue weighted by Gasteiger charge is -2.31. The minimum absolute atomic E-state index is 0.174. The summed E-state index contributed by atoms with van der Waals surface area (Å²) in [6.07, 6.45) is 5.60. The van der Waals surface area contributed by atoms with Gasteiger partial charge in [-0.2, -0.15) is 0 Å². The van der Waals surface area contributed by atoms with Gasteiger partial charge in [0.05, 0.1) is 18.0 Å². The highest BCUT2D eigenvalue weighted by Gasteiger charge is 2.21. The number of rotatable bonds is 3. The average molecular weight is 344 g/mol. The number of aromatic nitrogens is 1. The second-order valence-corrected chi connectivity index (χ2v) is 7.25. The van der Waals surface area contributed by atoms with Crippen LogP contribution in [0.3, 0.4) is 0 Å². The lowest BCUT2D eigenvalue weighted by molar-refractivity contribution is 0.175. The number of anilines is 1. The third kappa shape index (κ3) is 3.41. The maximum absolute atomic E-state index is 9.67. The first-order valence-corrected chi connectivity index (χ1v) is 8.92. The van der Waals surface area contributed by atoms with E-state index in [-0.39, 0.29) is 6.10 Å². The maximum atomic E-state index is 9.67. The molecule has 0 radical (unpaired) electrons. The molecule has 1 saturated heterocycles. The van der Waals surface area contributed by atoms with E-state index in [9.17, 15) is 5.11 Å². The molecule has 1 atom stereocenters. The first-order chi connectivity index (χ1) is 11.7. The van der Waals surface area contributed by atoms with Crippen molar-refractivity contribution in [3.8, 4) is 0 Å². The van der Waals surface area contributed by atoms with E-state index in [1.807, 2.05) is 18.5 Å². The lowest BCUT2D eigenvalue weighted by atomic mass is 9.99. The molecule has 0 amide bonds. The van der Waals surface area contributed by atoms with Gasteiger partial charge in [0.1, 0.15) is 0 Å². The van der Waals surface area contributed by atoms with Crippen LogP contribution in [0.15, 0.2) is 36.7 Å². The predicted octanol–water partition coefficient (Wildman–Crippen LogP) is 2.86. The quantitative estimate of drug-likeness (QED) is 0.930. The molecule has 1 aromatic carbocycles. The van der Waals surface area contributed by atoms with Crippen molar-refractivity contribution in [1.29, 1.82) is 0 Å². The Bertz CT molecular complexity index is 736. The highest BCUT2D eigenvalue weighted by molar-refractivity contribution is 6.30. The van der Waals surface area contributed by atoms with Crippen molar-refractivity contribution in [2.24, 2.45) is 0 Å². The second-order valence-electron chi connectivity index (χ2n) is 6.81. The van der Waals surface area contributed by atoms with E-state index in [1.165, 1.54) is 22.4 Å². The molecule has 1 fully saturated rings. The molecule has 1 N–H and O–H groups in total. The fraction of sp³-hybridized carbons (Fsp3) is 0.421. The van der Waals surface area contributed by atoms with Gasteiger partial charge in [0.15, 0.2) is 0 Å². The Morgan fingerprint density at radius 1 is 1.17 bits per heavy atom. The molecule has 126 valence electrons. The molecule has 2 aliphatic heterocycles. The molecule has 5 heteroatoms. The van der Waals surface area contributed by atoms with Gasteiger partial charge in [0.25, 0.3) is 0 Å². The van der Waals surface area contributed by atoms with Gasteiger partial charge in [-0.25, -0.2) is 0 Å². The van der Waals surface area contributed by atoms with E-state index >= 15 is 0 Å². The van der Waals surface area contributed by atoms with Gasteiger partial charge >= 0.3 is 0 Å². The molecule has 0 aliphatic carbocycles. The Morgan fingerprint density at radius 3 is 2.92 bits per heavy atom. The summed E-state index contributed by atoms with van der Waals surface area (Å²) in [6, 6.07) is 8.42. The van der Waals surface area contributed by atoms with Gasteiger partial charge in [-0.3, -0.25) is 9.88 Å². The molecule has 0 bridgehead atoms. The Labute approximate surface area is 147 Å². The number of aliphatic hydroxyl groups excluding tert-OH is 1. The van der Waals surface area contributed by atoms with Gasteiger partial charge in [-0.1, -0.05) is 17.7 Å². The number of fused-ring (bicyclic) bond motifs is 1. The number of hydrogen-bond donors (Lipinski definition) is 1. The molecular weight excluding hydrogens is 322 g/mol. The first kappa shape index (κ1) is 15.9. The van der Waals surface area contributed by atoms with Crippen molar-refractivity contribution in [3.05, 3.63) is 58.4 Å². The van der Waals surface area contributed by atoms with Crippen LogP contribution in [0.2, 0.25) is 5.02 Å². The number of halogens is 1. The monoisotopic (exact) mass is 343 g/mol. The molecule has 4 rings (SSSR count). The van der Waals surface area contributed by atoms with Crippen molar-refractivity contribution in [2.75, 3.05) is 24.5 Å². The second kappa shape index (κ2) is 6.71. The van der Waals surface area contributed by atoms with Crippen LogP contribution in [0.5, 0.6) is 0 Å². The molecule has 1 aromatic heterocycles. The molecule has 1 unspecified atom stereocenters. The highest BCUT2D eigenvalue weighted by atomic mass is 35.5. The summed E-state index contributed by atoms with van der Waals surface area (Å²) in [6.45, 7) is 4.48. The number of nitrogens with zero attached hydrogens (tertiary/aromatic N) is 3. The molecule has 2 aromatic rings. The number of pyridine rings is 1. The van der Waals surface area contributed by atoms with Gasteiger partial charge in [0, 0.05) is 43.9 Å². The Kier molecular flexibility index (Phi) is 4.44. The van der Waals surface area contributed by atoms with Gasteiger partial charge in [-0.15, -0.1) is 0 Å². The molecular formula is C19H22ClN3O. The Balaban J connectivity index is 1.48. The summed E-state index contributed by atoms with van der Waals surface area (Å²) in [5.41, 5.74) is 5.09. The van der Waals surface area contributed by atoms with E-state index in [0.29, 0.717) is 0 Å². The summed E-state index contributed by atoms with van der Waals surface area (Å²) >= 11 is 6.10. The van der Waals surface area contributed by atoms with E-state index in [2.05, 4.69) is 33.0 Å².